The van der Waals surface area contributed by atoms with Crippen molar-refractivity contribution in [1.82, 2.24) is 15.1 Å². The summed E-state index contributed by atoms with van der Waals surface area (Å²) >= 11 is 0. The second-order valence-electron chi connectivity index (χ2n) is 9.76. The van der Waals surface area contributed by atoms with Gasteiger partial charge in [-0.05, 0) is 87.0 Å². The smallest absolute Gasteiger partial charge is 0.242 e. The zero-order valence-electron chi connectivity index (χ0n) is 19.3. The van der Waals surface area contributed by atoms with E-state index >= 15 is 0 Å². The zero-order valence-corrected chi connectivity index (χ0v) is 19.3. The molecular formula is C27H31F2N3O2. The molecule has 1 N–H and O–H groups in total. The van der Waals surface area contributed by atoms with Crippen LogP contribution in [0, 0.1) is 11.6 Å². The summed E-state index contributed by atoms with van der Waals surface area (Å²) in [6.45, 7) is 2.28. The first-order valence-electron chi connectivity index (χ1n) is 12.3. The van der Waals surface area contributed by atoms with E-state index in [2.05, 4.69) is 10.2 Å². The molecule has 0 bridgehead atoms. The van der Waals surface area contributed by atoms with Gasteiger partial charge in [-0.2, -0.15) is 0 Å². The standard InChI is InChI=1S/C27H31F2N3O2/c28-21-8-4-19(5-9-21)27(20-6-10-22(29)11-7-20)14-17-31(26(27)34)18-25(33)32(23-2-1-3-23)24-12-15-30-16-13-24/h4-11,23-24,30H,1-3,12-18H2. The summed E-state index contributed by atoms with van der Waals surface area (Å²) in [7, 11) is 0. The lowest BCUT2D eigenvalue weighted by molar-refractivity contribution is -0.145. The van der Waals surface area contributed by atoms with Gasteiger partial charge in [-0.3, -0.25) is 9.59 Å². The Morgan fingerprint density at radius 3 is 1.94 bits per heavy atom. The Labute approximate surface area is 199 Å². The second kappa shape index (κ2) is 9.45. The molecule has 0 aromatic heterocycles. The summed E-state index contributed by atoms with van der Waals surface area (Å²) in [5.74, 6) is -0.931. The van der Waals surface area contributed by atoms with Gasteiger partial charge in [0.1, 0.15) is 17.0 Å². The number of hydrogen-bond acceptors (Lipinski definition) is 3. The molecular weight excluding hydrogens is 436 g/mol. The van der Waals surface area contributed by atoms with Crippen LogP contribution in [0.4, 0.5) is 8.78 Å². The number of likely N-dealkylation sites (tertiary alicyclic amines) is 1. The highest BCUT2D eigenvalue weighted by atomic mass is 19.1. The van der Waals surface area contributed by atoms with Crippen molar-refractivity contribution < 1.29 is 18.4 Å². The predicted molar refractivity (Wildman–Crippen MR) is 125 cm³/mol. The number of carbonyl (C=O) groups excluding carboxylic acids is 2. The summed E-state index contributed by atoms with van der Waals surface area (Å²) in [6, 6.07) is 12.4. The van der Waals surface area contributed by atoms with E-state index in [0.29, 0.717) is 24.1 Å². The number of carbonyl (C=O) groups is 2. The molecule has 5 rings (SSSR count). The maximum absolute atomic E-state index is 13.9. The number of benzene rings is 2. The highest BCUT2D eigenvalue weighted by Crippen LogP contribution is 2.42. The van der Waals surface area contributed by atoms with Crippen LogP contribution in [0.25, 0.3) is 0 Å². The molecule has 2 saturated heterocycles. The van der Waals surface area contributed by atoms with Crippen LogP contribution in [0.1, 0.15) is 49.7 Å². The van der Waals surface area contributed by atoms with Crippen molar-refractivity contribution in [2.24, 2.45) is 0 Å². The van der Waals surface area contributed by atoms with E-state index in [9.17, 15) is 18.4 Å². The van der Waals surface area contributed by atoms with Gasteiger partial charge in [-0.15, -0.1) is 0 Å². The monoisotopic (exact) mass is 467 g/mol. The lowest BCUT2D eigenvalue weighted by Gasteiger charge is -2.44. The van der Waals surface area contributed by atoms with Gasteiger partial charge in [0, 0.05) is 18.6 Å². The van der Waals surface area contributed by atoms with Gasteiger partial charge >= 0.3 is 0 Å². The van der Waals surface area contributed by atoms with E-state index in [1.165, 1.54) is 24.3 Å². The largest absolute Gasteiger partial charge is 0.335 e. The van der Waals surface area contributed by atoms with Gasteiger partial charge in [0.15, 0.2) is 0 Å². The van der Waals surface area contributed by atoms with E-state index in [1.54, 1.807) is 29.2 Å². The molecule has 2 amide bonds. The Balaban J connectivity index is 1.42. The van der Waals surface area contributed by atoms with Crippen LogP contribution in [0.15, 0.2) is 48.5 Å². The molecule has 2 aromatic carbocycles. The Kier molecular flexibility index (Phi) is 6.38. The van der Waals surface area contributed by atoms with Crippen LogP contribution in [0.3, 0.4) is 0 Å². The first kappa shape index (κ1) is 23.0. The molecule has 0 unspecified atom stereocenters. The Bertz CT molecular complexity index is 985. The van der Waals surface area contributed by atoms with Crippen LogP contribution in [0.5, 0.6) is 0 Å². The Hall–Kier alpha value is -2.80. The fourth-order valence-electron chi connectivity index (χ4n) is 5.80. The van der Waals surface area contributed by atoms with Crippen LogP contribution < -0.4 is 5.32 Å². The minimum atomic E-state index is -1.06. The van der Waals surface area contributed by atoms with Crippen molar-refractivity contribution in [3.05, 3.63) is 71.3 Å². The average molecular weight is 468 g/mol. The van der Waals surface area contributed by atoms with E-state index in [0.717, 1.165) is 45.2 Å². The first-order chi connectivity index (χ1) is 16.5. The molecule has 0 atom stereocenters. The highest BCUT2D eigenvalue weighted by Gasteiger charge is 2.50. The fraction of sp³-hybridized carbons (Fsp3) is 0.481. The number of hydrogen-bond donors (Lipinski definition) is 1. The minimum Gasteiger partial charge on any atom is -0.335 e. The molecule has 2 heterocycles. The second-order valence-corrected chi connectivity index (χ2v) is 9.76. The van der Waals surface area contributed by atoms with Crippen LogP contribution >= 0.6 is 0 Å². The molecule has 7 heteroatoms. The number of nitrogens with one attached hydrogen (secondary N) is 1. The van der Waals surface area contributed by atoms with Crippen molar-refractivity contribution in [3.63, 3.8) is 0 Å². The normalized spacial score (nSPS) is 20.9. The maximum Gasteiger partial charge on any atom is 0.242 e. The number of halogens is 2. The molecule has 5 nitrogen and oxygen atoms in total. The lowest BCUT2D eigenvalue weighted by atomic mass is 9.73. The van der Waals surface area contributed by atoms with Crippen molar-refractivity contribution in [3.8, 4) is 0 Å². The average Bonchev–Trinajstić information content (AvgIpc) is 3.14. The predicted octanol–water partition coefficient (Wildman–Crippen LogP) is 3.62. The van der Waals surface area contributed by atoms with Crippen molar-refractivity contribution in [2.75, 3.05) is 26.2 Å². The topological polar surface area (TPSA) is 52.7 Å². The first-order valence-corrected chi connectivity index (χ1v) is 12.3. The van der Waals surface area contributed by atoms with Crippen LogP contribution in [-0.4, -0.2) is 59.9 Å². The van der Waals surface area contributed by atoms with Gasteiger partial charge in [0.2, 0.25) is 11.8 Å². The summed E-state index contributed by atoms with van der Waals surface area (Å²) in [5, 5.41) is 3.36. The number of nitrogens with zero attached hydrogens (tertiary/aromatic N) is 2. The molecule has 1 saturated carbocycles. The van der Waals surface area contributed by atoms with Crippen LogP contribution in [-0.2, 0) is 15.0 Å². The lowest BCUT2D eigenvalue weighted by Crippen LogP contribution is -2.56. The molecule has 2 aliphatic heterocycles. The number of amides is 2. The van der Waals surface area contributed by atoms with Gasteiger partial charge < -0.3 is 15.1 Å². The van der Waals surface area contributed by atoms with E-state index < -0.39 is 5.41 Å². The van der Waals surface area contributed by atoms with Gasteiger partial charge in [0.25, 0.3) is 0 Å². The zero-order chi connectivity index (χ0) is 23.7. The molecule has 180 valence electrons. The minimum absolute atomic E-state index is 0.0129. The van der Waals surface area contributed by atoms with Crippen molar-refractivity contribution in [2.45, 2.75) is 56.0 Å². The van der Waals surface area contributed by atoms with Gasteiger partial charge in [-0.25, -0.2) is 8.78 Å². The fourth-order valence-corrected chi connectivity index (χ4v) is 5.80. The Morgan fingerprint density at radius 2 is 1.44 bits per heavy atom. The number of piperidine rings is 1. The SMILES string of the molecule is O=C(CN1CCC(c2ccc(F)cc2)(c2ccc(F)cc2)C1=O)N(C1CCC1)C1CCNCC1. The summed E-state index contributed by atoms with van der Waals surface area (Å²) in [5.41, 5.74) is 0.266. The molecule has 0 spiro atoms. The third kappa shape index (κ3) is 4.11. The van der Waals surface area contributed by atoms with Crippen molar-refractivity contribution in [1.29, 1.82) is 0 Å². The van der Waals surface area contributed by atoms with Crippen molar-refractivity contribution >= 4 is 11.8 Å². The summed E-state index contributed by atoms with van der Waals surface area (Å²) in [4.78, 5) is 31.2. The van der Waals surface area contributed by atoms with E-state index in [-0.39, 0.29) is 42.1 Å². The number of rotatable bonds is 6. The van der Waals surface area contributed by atoms with Gasteiger partial charge in [-0.1, -0.05) is 24.3 Å². The third-order valence-electron chi connectivity index (χ3n) is 7.87. The maximum atomic E-state index is 13.9. The molecule has 3 aliphatic rings. The molecule has 34 heavy (non-hydrogen) atoms. The third-order valence-corrected chi connectivity index (χ3v) is 7.87. The molecule has 3 fully saturated rings. The van der Waals surface area contributed by atoms with E-state index in [4.69, 9.17) is 0 Å². The molecule has 2 aromatic rings. The quantitative estimate of drug-likeness (QED) is 0.706. The van der Waals surface area contributed by atoms with E-state index in [1.807, 2.05) is 0 Å². The van der Waals surface area contributed by atoms with Gasteiger partial charge in [0.05, 0.1) is 6.54 Å². The highest BCUT2D eigenvalue weighted by molar-refractivity contribution is 5.96. The molecule has 1 aliphatic carbocycles. The summed E-state index contributed by atoms with van der Waals surface area (Å²) < 4.78 is 27.4. The molecule has 0 radical (unpaired) electrons. The van der Waals surface area contributed by atoms with Crippen LogP contribution in [0.2, 0.25) is 0 Å². The summed E-state index contributed by atoms with van der Waals surface area (Å²) in [6.07, 6.45) is 5.52. The Morgan fingerprint density at radius 1 is 0.912 bits per heavy atom.